The molecule has 1 amide bonds. The normalized spacial score (nSPS) is 17.0. The highest BCUT2D eigenvalue weighted by Gasteiger charge is 2.28. The molecule has 3 rings (SSSR count). The van der Waals surface area contributed by atoms with Crippen LogP contribution in [-0.2, 0) is 6.42 Å². The highest BCUT2D eigenvalue weighted by molar-refractivity contribution is 5.95. The molecule has 1 aliphatic heterocycles. The van der Waals surface area contributed by atoms with Crippen molar-refractivity contribution in [2.45, 2.75) is 19.8 Å². The van der Waals surface area contributed by atoms with Crippen LogP contribution in [0.2, 0.25) is 0 Å². The molecule has 0 aliphatic carbocycles. The number of hydrogen-bond donors (Lipinski definition) is 1. The van der Waals surface area contributed by atoms with Crippen LogP contribution >= 0.6 is 12.4 Å². The van der Waals surface area contributed by atoms with E-state index in [4.69, 9.17) is 5.73 Å². The van der Waals surface area contributed by atoms with Crippen LogP contribution in [-0.4, -0.2) is 40.2 Å². The number of nitrogens with two attached hydrogens (primary N) is 1. The number of halogens is 2. The van der Waals surface area contributed by atoms with Crippen molar-refractivity contribution < 1.29 is 9.18 Å². The van der Waals surface area contributed by atoms with Gasteiger partial charge in [-0.15, -0.1) is 12.4 Å². The Hall–Kier alpha value is -1.92. The minimum absolute atomic E-state index is 0. The van der Waals surface area contributed by atoms with E-state index in [1.807, 2.05) is 11.8 Å². The summed E-state index contributed by atoms with van der Waals surface area (Å²) in [6.45, 7) is 4.05. The Morgan fingerprint density at radius 3 is 2.67 bits per heavy atom. The monoisotopic (exact) mass is 352 g/mol. The molecule has 0 radical (unpaired) electrons. The predicted molar refractivity (Wildman–Crippen MR) is 93.2 cm³/mol. The molecule has 1 saturated heterocycles. The van der Waals surface area contributed by atoms with Crippen molar-refractivity contribution in [1.29, 1.82) is 0 Å². The fraction of sp³-hybridized carbons (Fsp3) is 0.412. The number of amides is 1. The van der Waals surface area contributed by atoms with Gasteiger partial charge in [-0.1, -0.05) is 6.92 Å². The minimum atomic E-state index is -0.292. The number of carbonyl (C=O) groups is 1. The lowest BCUT2D eigenvalue weighted by atomic mass is 10.1. The number of hydrogen-bond acceptors (Lipinski definition) is 3. The second-order valence-corrected chi connectivity index (χ2v) is 5.89. The molecule has 1 unspecified atom stereocenters. The van der Waals surface area contributed by atoms with Crippen LogP contribution < -0.4 is 5.73 Å². The molecule has 24 heavy (non-hydrogen) atoms. The van der Waals surface area contributed by atoms with E-state index in [2.05, 4.69) is 5.10 Å². The van der Waals surface area contributed by atoms with Gasteiger partial charge < -0.3 is 10.6 Å². The highest BCUT2D eigenvalue weighted by atomic mass is 35.5. The topological polar surface area (TPSA) is 64.2 Å². The summed E-state index contributed by atoms with van der Waals surface area (Å²) in [4.78, 5) is 14.6. The second kappa shape index (κ2) is 7.77. The maximum Gasteiger partial charge on any atom is 0.257 e. The van der Waals surface area contributed by atoms with Gasteiger partial charge in [0.1, 0.15) is 5.82 Å². The summed E-state index contributed by atoms with van der Waals surface area (Å²) in [5.41, 5.74) is 7.92. The molecule has 1 fully saturated rings. The third-order valence-corrected chi connectivity index (χ3v) is 4.41. The molecule has 0 saturated carbocycles. The Bertz CT molecular complexity index is 701. The van der Waals surface area contributed by atoms with Crippen LogP contribution in [0.15, 0.2) is 30.5 Å². The average Bonchev–Trinajstić information content (AvgIpc) is 3.21. The highest BCUT2D eigenvalue weighted by Crippen LogP contribution is 2.22. The summed E-state index contributed by atoms with van der Waals surface area (Å²) >= 11 is 0. The van der Waals surface area contributed by atoms with Crippen molar-refractivity contribution >= 4 is 18.3 Å². The van der Waals surface area contributed by atoms with Gasteiger partial charge in [0.15, 0.2) is 0 Å². The van der Waals surface area contributed by atoms with Crippen LogP contribution in [0.25, 0.3) is 5.69 Å². The molecule has 5 nitrogen and oxygen atoms in total. The third-order valence-electron chi connectivity index (χ3n) is 4.41. The lowest BCUT2D eigenvalue weighted by molar-refractivity contribution is 0.0786. The Labute approximate surface area is 147 Å². The quantitative estimate of drug-likeness (QED) is 0.919. The standard InChI is InChI=1S/C17H21FN4O.ClH/c1-2-16-15(17(23)21-8-7-12(9-19)11-21)10-20-22(16)14-5-3-13(18)4-6-14;/h3-6,10,12H,2,7-9,11,19H2,1H3;1H. The van der Waals surface area contributed by atoms with Crippen molar-refractivity contribution in [3.63, 3.8) is 0 Å². The first-order valence-corrected chi connectivity index (χ1v) is 7.96. The molecule has 2 heterocycles. The van der Waals surface area contributed by atoms with E-state index in [0.29, 0.717) is 31.0 Å². The van der Waals surface area contributed by atoms with E-state index < -0.39 is 0 Å². The first kappa shape index (κ1) is 18.4. The summed E-state index contributed by atoms with van der Waals surface area (Å²) in [6.07, 6.45) is 3.24. The third kappa shape index (κ3) is 3.44. The summed E-state index contributed by atoms with van der Waals surface area (Å²) < 4.78 is 14.8. The van der Waals surface area contributed by atoms with E-state index in [0.717, 1.165) is 24.3 Å². The fourth-order valence-corrected chi connectivity index (χ4v) is 3.08. The Morgan fingerprint density at radius 1 is 1.38 bits per heavy atom. The van der Waals surface area contributed by atoms with Crippen LogP contribution in [0.1, 0.15) is 29.4 Å². The maximum absolute atomic E-state index is 13.1. The zero-order chi connectivity index (χ0) is 16.4. The van der Waals surface area contributed by atoms with Crippen molar-refractivity contribution in [2.24, 2.45) is 11.7 Å². The van der Waals surface area contributed by atoms with Gasteiger partial charge in [-0.05, 0) is 49.6 Å². The maximum atomic E-state index is 13.1. The van der Waals surface area contributed by atoms with E-state index in [9.17, 15) is 9.18 Å². The van der Waals surface area contributed by atoms with E-state index in [1.165, 1.54) is 12.1 Å². The van der Waals surface area contributed by atoms with Crippen LogP contribution in [0.5, 0.6) is 0 Å². The van der Waals surface area contributed by atoms with Crippen molar-refractivity contribution in [1.82, 2.24) is 14.7 Å². The van der Waals surface area contributed by atoms with Gasteiger partial charge in [-0.25, -0.2) is 9.07 Å². The summed E-state index contributed by atoms with van der Waals surface area (Å²) in [5.74, 6) is 0.0995. The molecule has 130 valence electrons. The lowest BCUT2D eigenvalue weighted by Crippen LogP contribution is -2.30. The van der Waals surface area contributed by atoms with Gasteiger partial charge in [-0.3, -0.25) is 4.79 Å². The molecule has 1 atom stereocenters. The summed E-state index contributed by atoms with van der Waals surface area (Å²) in [7, 11) is 0. The van der Waals surface area contributed by atoms with E-state index in [-0.39, 0.29) is 24.1 Å². The fourth-order valence-electron chi connectivity index (χ4n) is 3.08. The molecule has 7 heteroatoms. The molecule has 2 N–H and O–H groups in total. The zero-order valence-corrected chi connectivity index (χ0v) is 14.4. The van der Waals surface area contributed by atoms with Gasteiger partial charge in [-0.2, -0.15) is 5.10 Å². The number of likely N-dealkylation sites (tertiary alicyclic amines) is 1. The first-order chi connectivity index (χ1) is 11.1. The number of carbonyl (C=O) groups excluding carboxylic acids is 1. The minimum Gasteiger partial charge on any atom is -0.338 e. The van der Waals surface area contributed by atoms with Crippen LogP contribution in [0.4, 0.5) is 4.39 Å². The number of benzene rings is 1. The SMILES string of the molecule is CCc1c(C(=O)N2CCC(CN)C2)cnn1-c1ccc(F)cc1.Cl. The predicted octanol–water partition coefficient (Wildman–Crippen LogP) is 2.42. The molecule has 1 aromatic heterocycles. The molecule has 0 spiro atoms. The van der Waals surface area contributed by atoms with Crippen molar-refractivity contribution in [3.05, 3.63) is 47.5 Å². The van der Waals surface area contributed by atoms with Crippen LogP contribution in [0, 0.1) is 11.7 Å². The molecular weight excluding hydrogens is 331 g/mol. The van der Waals surface area contributed by atoms with Gasteiger partial charge in [0.2, 0.25) is 0 Å². The van der Waals surface area contributed by atoms with Gasteiger partial charge >= 0.3 is 0 Å². The van der Waals surface area contributed by atoms with Gasteiger partial charge in [0.25, 0.3) is 5.91 Å². The van der Waals surface area contributed by atoms with Crippen molar-refractivity contribution in [3.8, 4) is 5.69 Å². The molecule has 0 bridgehead atoms. The number of aromatic nitrogens is 2. The summed E-state index contributed by atoms with van der Waals surface area (Å²) in [6, 6.07) is 6.11. The lowest BCUT2D eigenvalue weighted by Gasteiger charge is -2.16. The average molecular weight is 353 g/mol. The number of rotatable bonds is 4. The molecular formula is C17H22ClFN4O. The Kier molecular flexibility index (Phi) is 5.96. The molecule has 1 aliphatic rings. The van der Waals surface area contributed by atoms with Crippen LogP contribution in [0.3, 0.4) is 0 Å². The van der Waals surface area contributed by atoms with Gasteiger partial charge in [0.05, 0.1) is 23.1 Å². The molecule has 2 aromatic rings. The van der Waals surface area contributed by atoms with E-state index >= 15 is 0 Å². The van der Waals surface area contributed by atoms with E-state index in [1.54, 1.807) is 23.0 Å². The Morgan fingerprint density at radius 2 is 2.08 bits per heavy atom. The largest absolute Gasteiger partial charge is 0.338 e. The number of nitrogens with zero attached hydrogens (tertiary/aromatic N) is 3. The Balaban J connectivity index is 0.00000208. The second-order valence-electron chi connectivity index (χ2n) is 5.89. The molecule has 1 aromatic carbocycles. The first-order valence-electron chi connectivity index (χ1n) is 7.96. The summed E-state index contributed by atoms with van der Waals surface area (Å²) in [5, 5.41) is 4.34. The smallest absolute Gasteiger partial charge is 0.257 e. The van der Waals surface area contributed by atoms with Gasteiger partial charge in [0, 0.05) is 13.1 Å². The zero-order valence-electron chi connectivity index (χ0n) is 13.6. The van der Waals surface area contributed by atoms with Crippen molar-refractivity contribution in [2.75, 3.05) is 19.6 Å².